The van der Waals surface area contributed by atoms with Crippen LogP contribution in [0.25, 0.3) is 5.76 Å². The van der Waals surface area contributed by atoms with Gasteiger partial charge in [-0.05, 0) is 28.9 Å². The fraction of sp³-hybridized carbons (Fsp3) is 0.444. The first-order valence-corrected chi connectivity index (χ1v) is 8.67. The Morgan fingerprint density at radius 3 is 2.35 bits per heavy atom. The van der Waals surface area contributed by atoms with Crippen molar-refractivity contribution in [2.75, 3.05) is 27.9 Å². The van der Waals surface area contributed by atoms with E-state index < -0.39 is 5.97 Å². The Labute approximate surface area is 161 Å². The molecule has 0 aliphatic rings. The molecule has 0 aliphatic carbocycles. The van der Waals surface area contributed by atoms with Gasteiger partial charge in [-0.25, -0.2) is 4.79 Å². The van der Waals surface area contributed by atoms with Crippen LogP contribution in [-0.4, -0.2) is 56.4 Å². The lowest BCUT2D eigenvalue weighted by Crippen LogP contribution is -2.17. The van der Waals surface area contributed by atoms with Gasteiger partial charge in [0.05, 0.1) is 37.4 Å². The van der Waals surface area contributed by atoms with Crippen molar-refractivity contribution in [1.29, 1.82) is 0 Å². The third kappa shape index (κ3) is 5.22. The second-order valence-electron chi connectivity index (χ2n) is 5.62. The molecule has 144 valence electrons. The highest BCUT2D eigenvalue weighted by Crippen LogP contribution is 2.36. The number of halogens is 1. The molecule has 0 aromatic heterocycles. The van der Waals surface area contributed by atoms with E-state index in [1.54, 1.807) is 19.1 Å². The molecular formula is C18H24BrNO6. The van der Waals surface area contributed by atoms with Crippen molar-refractivity contribution < 1.29 is 29.2 Å². The molecule has 26 heavy (non-hydrogen) atoms. The van der Waals surface area contributed by atoms with E-state index in [-0.39, 0.29) is 35.5 Å². The van der Waals surface area contributed by atoms with E-state index in [4.69, 9.17) is 14.2 Å². The minimum atomic E-state index is -0.746. The van der Waals surface area contributed by atoms with Crippen LogP contribution >= 0.6 is 15.9 Å². The van der Waals surface area contributed by atoms with Crippen LogP contribution in [0.4, 0.5) is 0 Å². The van der Waals surface area contributed by atoms with E-state index in [1.165, 1.54) is 27.5 Å². The van der Waals surface area contributed by atoms with Gasteiger partial charge in [0, 0.05) is 24.8 Å². The molecule has 0 fully saturated rings. The average Bonchev–Trinajstić information content (AvgIpc) is 2.66. The number of nitrogens with zero attached hydrogens (tertiary/aromatic N) is 1. The highest BCUT2D eigenvalue weighted by Gasteiger charge is 2.21. The van der Waals surface area contributed by atoms with Crippen LogP contribution in [0.15, 0.2) is 27.2 Å². The quantitative estimate of drug-likeness (QED) is 0.285. The van der Waals surface area contributed by atoms with Gasteiger partial charge >= 0.3 is 5.97 Å². The predicted octanol–water partition coefficient (Wildman–Crippen LogP) is 3.00. The normalized spacial score (nSPS) is 14.6. The molecule has 0 spiro atoms. The van der Waals surface area contributed by atoms with Gasteiger partial charge in [-0.2, -0.15) is 0 Å². The van der Waals surface area contributed by atoms with Gasteiger partial charge in [-0.1, -0.05) is 6.92 Å². The van der Waals surface area contributed by atoms with Gasteiger partial charge in [0.1, 0.15) is 22.8 Å². The van der Waals surface area contributed by atoms with Gasteiger partial charge < -0.3 is 24.4 Å². The van der Waals surface area contributed by atoms with Crippen LogP contribution in [-0.2, 0) is 9.53 Å². The Kier molecular flexibility index (Phi) is 8.60. The maximum absolute atomic E-state index is 12.1. The monoisotopic (exact) mass is 429 g/mol. The average molecular weight is 430 g/mol. The molecule has 0 radical (unpaired) electrons. The zero-order valence-electron chi connectivity index (χ0n) is 15.4. The number of aliphatic imine (C=N–C) groups is 1. The molecule has 0 saturated heterocycles. The molecule has 1 aromatic carbocycles. The van der Waals surface area contributed by atoms with Gasteiger partial charge in [0.2, 0.25) is 0 Å². The first kappa shape index (κ1) is 22.0. The van der Waals surface area contributed by atoms with Crippen molar-refractivity contribution >= 4 is 33.9 Å². The third-order valence-corrected chi connectivity index (χ3v) is 4.56. The van der Waals surface area contributed by atoms with Crippen molar-refractivity contribution in [2.45, 2.75) is 19.9 Å². The molecule has 1 aromatic rings. The number of hydrogen-bond donors (Lipinski definition) is 2. The van der Waals surface area contributed by atoms with Gasteiger partial charge in [-0.15, -0.1) is 0 Å². The summed E-state index contributed by atoms with van der Waals surface area (Å²) in [5.74, 6) is -0.364. The smallest absolute Gasteiger partial charge is 0.343 e. The van der Waals surface area contributed by atoms with E-state index in [1.807, 2.05) is 6.92 Å². The predicted molar refractivity (Wildman–Crippen MR) is 103 cm³/mol. The number of ether oxygens (including phenoxy) is 3. The Balaban J connectivity index is 3.48. The van der Waals surface area contributed by atoms with Crippen LogP contribution < -0.4 is 9.47 Å². The number of rotatable bonds is 8. The van der Waals surface area contributed by atoms with Crippen molar-refractivity contribution in [2.24, 2.45) is 10.9 Å². The molecule has 1 rings (SSSR count). The number of aliphatic hydroxyl groups is 2. The van der Waals surface area contributed by atoms with E-state index in [9.17, 15) is 15.0 Å². The number of aliphatic hydroxyl groups excluding tert-OH is 2. The van der Waals surface area contributed by atoms with E-state index in [0.717, 1.165) is 0 Å². The molecule has 2 atom stereocenters. The lowest BCUT2D eigenvalue weighted by Gasteiger charge is -2.14. The van der Waals surface area contributed by atoms with Gasteiger partial charge in [0.15, 0.2) is 0 Å². The lowest BCUT2D eigenvalue weighted by atomic mass is 10.1. The van der Waals surface area contributed by atoms with E-state index in [0.29, 0.717) is 16.0 Å². The highest BCUT2D eigenvalue weighted by molar-refractivity contribution is 9.10. The molecule has 0 bridgehead atoms. The number of benzene rings is 1. The van der Waals surface area contributed by atoms with Crippen LogP contribution in [0.5, 0.6) is 11.5 Å². The largest absolute Gasteiger partial charge is 0.506 e. The summed E-state index contributed by atoms with van der Waals surface area (Å²) < 4.78 is 15.8. The number of hydrogen-bond acceptors (Lipinski definition) is 7. The first-order valence-electron chi connectivity index (χ1n) is 7.88. The Morgan fingerprint density at radius 2 is 1.85 bits per heavy atom. The molecule has 2 unspecified atom stereocenters. The molecule has 2 N–H and O–H groups in total. The summed E-state index contributed by atoms with van der Waals surface area (Å²) in [4.78, 5) is 16.4. The summed E-state index contributed by atoms with van der Waals surface area (Å²) in [6.45, 7) is 3.59. The highest BCUT2D eigenvalue weighted by atomic mass is 79.9. The van der Waals surface area contributed by atoms with Crippen molar-refractivity contribution in [3.63, 3.8) is 0 Å². The van der Waals surface area contributed by atoms with Crippen LogP contribution in [0, 0.1) is 5.92 Å². The Hall–Kier alpha value is -2.06. The molecule has 0 aliphatic heterocycles. The summed E-state index contributed by atoms with van der Waals surface area (Å²) in [5.41, 5.74) is 0.148. The summed E-state index contributed by atoms with van der Waals surface area (Å²) in [5, 5.41) is 19.9. The zero-order valence-corrected chi connectivity index (χ0v) is 17.0. The summed E-state index contributed by atoms with van der Waals surface area (Å²) in [6, 6.07) is 2.90. The summed E-state index contributed by atoms with van der Waals surface area (Å²) >= 11 is 3.34. The van der Waals surface area contributed by atoms with Gasteiger partial charge in [-0.3, -0.25) is 4.99 Å². The first-order chi connectivity index (χ1) is 12.3. The lowest BCUT2D eigenvalue weighted by molar-refractivity contribution is -0.135. The molecule has 0 saturated carbocycles. The van der Waals surface area contributed by atoms with Crippen LogP contribution in [0.2, 0.25) is 0 Å². The van der Waals surface area contributed by atoms with Gasteiger partial charge in [0.25, 0.3) is 0 Å². The molecule has 0 amide bonds. The minimum Gasteiger partial charge on any atom is -0.506 e. The number of methoxy groups -OCH3 is 3. The Bertz CT molecular complexity index is 701. The van der Waals surface area contributed by atoms with Crippen molar-refractivity contribution in [3.8, 4) is 11.5 Å². The fourth-order valence-corrected chi connectivity index (χ4v) is 2.51. The molecule has 0 heterocycles. The second-order valence-corrected chi connectivity index (χ2v) is 6.47. The second kappa shape index (κ2) is 10.2. The van der Waals surface area contributed by atoms with E-state index in [2.05, 4.69) is 20.9 Å². The zero-order chi connectivity index (χ0) is 19.9. The molecular weight excluding hydrogens is 406 g/mol. The summed E-state index contributed by atoms with van der Waals surface area (Å²) in [7, 11) is 4.16. The molecule has 7 nitrogen and oxygen atoms in total. The standard InChI is InChI=1S/C18H24BrNO6/c1-10(9-21)11(2)20-8-13(18(23)26-5)17(22)12-6-14(19)16(25-4)7-15(12)24-3/h6-8,10-11,21-22H,9H2,1-5H3. The fourth-order valence-electron chi connectivity index (χ4n) is 2.00. The Morgan fingerprint density at radius 1 is 1.23 bits per heavy atom. The number of esters is 1. The van der Waals surface area contributed by atoms with E-state index >= 15 is 0 Å². The SMILES string of the molecule is COC(=O)C(C=NC(C)C(C)CO)=C(O)c1cc(Br)c(OC)cc1OC. The maximum atomic E-state index is 12.1. The summed E-state index contributed by atoms with van der Waals surface area (Å²) in [6.07, 6.45) is 1.25. The van der Waals surface area contributed by atoms with Crippen molar-refractivity contribution in [3.05, 3.63) is 27.7 Å². The minimum absolute atomic E-state index is 0.0407. The van der Waals surface area contributed by atoms with Crippen molar-refractivity contribution in [1.82, 2.24) is 0 Å². The number of carbonyl (C=O) groups excluding carboxylic acids is 1. The third-order valence-electron chi connectivity index (χ3n) is 3.94. The molecule has 8 heteroatoms. The van der Waals surface area contributed by atoms with Crippen LogP contribution in [0.3, 0.4) is 0 Å². The van der Waals surface area contributed by atoms with Crippen LogP contribution in [0.1, 0.15) is 19.4 Å². The number of carbonyl (C=O) groups is 1. The maximum Gasteiger partial charge on any atom is 0.343 e. The topological polar surface area (TPSA) is 97.6 Å².